The lowest BCUT2D eigenvalue weighted by molar-refractivity contribution is 0.0191. The Hall–Kier alpha value is -5.00. The van der Waals surface area contributed by atoms with E-state index in [9.17, 15) is 51.1 Å². The van der Waals surface area contributed by atoms with Gasteiger partial charge in [-0.25, -0.2) is 0 Å². The first-order valence-electron chi connectivity index (χ1n) is 13.5. The van der Waals surface area contributed by atoms with Crippen LogP contribution in [0.3, 0.4) is 0 Å². The van der Waals surface area contributed by atoms with E-state index in [1.54, 1.807) is 19.1 Å². The maximum atomic E-state index is 10.3. The van der Waals surface area contributed by atoms with Crippen molar-refractivity contribution in [2.24, 2.45) is 0 Å². The van der Waals surface area contributed by atoms with Gasteiger partial charge in [0.25, 0.3) is 0 Å². The molecule has 0 aromatic heterocycles. The molecule has 226 valence electrons. The number of phenols is 8. The van der Waals surface area contributed by atoms with E-state index in [0.29, 0.717) is 40.0 Å². The molecule has 4 aromatic rings. The van der Waals surface area contributed by atoms with Crippen molar-refractivity contribution in [2.75, 3.05) is 0 Å². The van der Waals surface area contributed by atoms with Crippen molar-refractivity contribution in [3.63, 3.8) is 0 Å². The normalized spacial score (nSPS) is 20.6. The molecule has 0 saturated carbocycles. The van der Waals surface area contributed by atoms with Crippen LogP contribution in [0.2, 0.25) is 0 Å². The third-order valence-corrected chi connectivity index (χ3v) is 7.97. The van der Waals surface area contributed by atoms with Crippen molar-refractivity contribution in [3.05, 3.63) is 88.0 Å². The van der Waals surface area contributed by atoms with Gasteiger partial charge in [-0.2, -0.15) is 0 Å². The largest absolute Gasteiger partial charge is 0.508 e. The number of ether oxygens (including phenoxy) is 1. The van der Waals surface area contributed by atoms with Gasteiger partial charge in [0, 0.05) is 42.0 Å². The second kappa shape index (κ2) is 11.3. The summed E-state index contributed by atoms with van der Waals surface area (Å²) in [7, 11) is 0. The van der Waals surface area contributed by atoms with Gasteiger partial charge < -0.3 is 55.8 Å². The predicted octanol–water partition coefficient (Wildman–Crippen LogP) is 3.61. The topological polar surface area (TPSA) is 212 Å². The Labute approximate surface area is 246 Å². The fourth-order valence-corrected chi connectivity index (χ4v) is 5.62. The molecule has 2 aliphatic rings. The first-order chi connectivity index (χ1) is 20.3. The van der Waals surface area contributed by atoms with Gasteiger partial charge in [-0.3, -0.25) is 0 Å². The molecule has 0 bridgehead atoms. The number of hydrogen-bond donors (Lipinski definition) is 10. The summed E-state index contributed by atoms with van der Waals surface area (Å²) in [6.07, 6.45) is -1.58. The average Bonchev–Trinajstić information content (AvgIpc) is 2.95. The van der Waals surface area contributed by atoms with E-state index in [0.717, 1.165) is 5.56 Å². The van der Waals surface area contributed by atoms with E-state index in [2.05, 4.69) is 0 Å². The van der Waals surface area contributed by atoms with Gasteiger partial charge in [-0.15, -0.1) is 0 Å². The van der Waals surface area contributed by atoms with E-state index >= 15 is 0 Å². The molecule has 11 nitrogen and oxygen atoms in total. The zero-order valence-electron chi connectivity index (χ0n) is 23.0. The molecule has 4 atom stereocenters. The summed E-state index contributed by atoms with van der Waals surface area (Å²) in [5, 5.41) is 97.6. The molecule has 0 fully saturated rings. The number of aliphatic hydroxyl groups excluding tert-OH is 2. The van der Waals surface area contributed by atoms with Crippen molar-refractivity contribution < 1.29 is 55.8 Å². The average molecular weight is 593 g/mol. The van der Waals surface area contributed by atoms with Crippen molar-refractivity contribution in [1.82, 2.24) is 0 Å². The summed E-state index contributed by atoms with van der Waals surface area (Å²) in [5.41, 5.74) is 3.49. The highest BCUT2D eigenvalue weighted by atomic mass is 16.5. The molecule has 1 aliphatic heterocycles. The molecule has 0 unspecified atom stereocenters. The fraction of sp³-hybridized carbons (Fsp3) is 0.250. The molecular formula is C32H32O11. The van der Waals surface area contributed by atoms with E-state index in [4.69, 9.17) is 4.74 Å². The van der Waals surface area contributed by atoms with Gasteiger partial charge in [-0.05, 0) is 65.9 Å². The van der Waals surface area contributed by atoms with E-state index in [-0.39, 0.29) is 64.8 Å². The van der Waals surface area contributed by atoms with Crippen molar-refractivity contribution >= 4 is 0 Å². The third-order valence-electron chi connectivity index (χ3n) is 7.97. The summed E-state index contributed by atoms with van der Waals surface area (Å²) in [5.74, 6) is -1.24. The maximum Gasteiger partial charge on any atom is 0.157 e. The molecule has 0 amide bonds. The quantitative estimate of drug-likeness (QED) is 0.152. The molecule has 10 N–H and O–H groups in total. The monoisotopic (exact) mass is 592 g/mol. The second-order valence-corrected chi connectivity index (χ2v) is 10.8. The van der Waals surface area contributed by atoms with Crippen LogP contribution in [0.5, 0.6) is 51.7 Å². The van der Waals surface area contributed by atoms with Crippen LogP contribution in [0.25, 0.3) is 0 Å². The number of phenolic OH excluding ortho intramolecular Hbond substituents is 8. The zero-order valence-corrected chi connectivity index (χ0v) is 23.0. The Kier molecular flexibility index (Phi) is 7.78. The molecule has 1 aliphatic carbocycles. The van der Waals surface area contributed by atoms with Crippen LogP contribution in [0, 0.1) is 6.92 Å². The summed E-state index contributed by atoms with van der Waals surface area (Å²) >= 11 is 0. The molecule has 6 rings (SSSR count). The van der Waals surface area contributed by atoms with Gasteiger partial charge in [0.05, 0.1) is 12.2 Å². The van der Waals surface area contributed by atoms with Crippen LogP contribution in [0.4, 0.5) is 0 Å². The summed E-state index contributed by atoms with van der Waals surface area (Å²) in [6.45, 7) is 1.65. The van der Waals surface area contributed by atoms with Crippen LogP contribution in [-0.2, 0) is 19.3 Å². The summed E-state index contributed by atoms with van der Waals surface area (Å²) in [4.78, 5) is 0. The molecule has 0 saturated heterocycles. The minimum atomic E-state index is -0.939. The highest BCUT2D eigenvalue weighted by molar-refractivity contribution is 5.57. The van der Waals surface area contributed by atoms with Crippen molar-refractivity contribution in [2.45, 2.75) is 50.4 Å². The molecule has 1 heterocycles. The number of aromatic hydroxyl groups is 8. The minimum Gasteiger partial charge on any atom is -0.508 e. The van der Waals surface area contributed by atoms with Gasteiger partial charge in [0.2, 0.25) is 0 Å². The number of fused-ring (bicyclic) bond motifs is 2. The standard InChI is InChI=1S/C16H16O6.C16H16O5/c1-7-11(18)6-12(19)9-5-14(21)16(22-15(7)9)8-2-3-10(17)13(20)4-8;17-10-3-9-4-11(8-1-2-13(18)16(21)5-8)15(20)7-12(9)14(19)6-10/h2-4,6,14,16-21H,5H2,1H3;1-3,5-6,11,15,17-21H,4,7H2/t14-,16-;11-,15-/m11/s1. The Morgan fingerprint density at radius 3 is 1.79 bits per heavy atom. The highest BCUT2D eigenvalue weighted by Gasteiger charge is 2.34. The van der Waals surface area contributed by atoms with Gasteiger partial charge in [-0.1, -0.05) is 12.1 Å². The van der Waals surface area contributed by atoms with Crippen LogP contribution >= 0.6 is 0 Å². The third kappa shape index (κ3) is 5.72. The minimum absolute atomic E-state index is 0.0175. The van der Waals surface area contributed by atoms with Crippen LogP contribution < -0.4 is 4.74 Å². The zero-order chi connectivity index (χ0) is 31.2. The lowest BCUT2D eigenvalue weighted by Crippen LogP contribution is -2.30. The van der Waals surface area contributed by atoms with Crippen LogP contribution in [0.1, 0.15) is 45.4 Å². The summed E-state index contributed by atoms with van der Waals surface area (Å²) in [6, 6.07) is 12.7. The molecule has 0 radical (unpaired) electrons. The lowest BCUT2D eigenvalue weighted by atomic mass is 9.77. The highest BCUT2D eigenvalue weighted by Crippen LogP contribution is 2.45. The molecule has 0 spiro atoms. The Morgan fingerprint density at radius 1 is 0.558 bits per heavy atom. The lowest BCUT2D eigenvalue weighted by Gasteiger charge is -2.32. The Bertz CT molecular complexity index is 1680. The SMILES string of the molecule is Cc1c(O)cc(O)c2c1O[C@H](c1ccc(O)c(O)c1)[C@H](O)C2.Oc1cc(O)c2c(c1)C[C@H](c1ccc(O)c(O)c1)[C@H](O)C2. The number of hydrogen-bond acceptors (Lipinski definition) is 11. The molecular weight excluding hydrogens is 560 g/mol. The summed E-state index contributed by atoms with van der Waals surface area (Å²) < 4.78 is 5.75. The molecule has 4 aromatic carbocycles. The maximum absolute atomic E-state index is 10.3. The van der Waals surface area contributed by atoms with Gasteiger partial charge >= 0.3 is 0 Å². The van der Waals surface area contributed by atoms with Crippen molar-refractivity contribution in [1.29, 1.82) is 0 Å². The number of rotatable bonds is 2. The number of benzene rings is 4. The van der Waals surface area contributed by atoms with E-state index in [1.165, 1.54) is 42.5 Å². The molecule has 11 heteroatoms. The van der Waals surface area contributed by atoms with Crippen molar-refractivity contribution in [3.8, 4) is 51.7 Å². The fourth-order valence-electron chi connectivity index (χ4n) is 5.62. The Balaban J connectivity index is 0.000000171. The van der Waals surface area contributed by atoms with E-state index in [1.807, 2.05) is 0 Å². The van der Waals surface area contributed by atoms with Crippen LogP contribution in [-0.4, -0.2) is 63.3 Å². The number of aliphatic hydroxyl groups is 2. The first kappa shape index (κ1) is 29.5. The molecule has 43 heavy (non-hydrogen) atoms. The predicted molar refractivity (Wildman–Crippen MR) is 153 cm³/mol. The van der Waals surface area contributed by atoms with Gasteiger partial charge in [0.1, 0.15) is 34.9 Å². The van der Waals surface area contributed by atoms with E-state index < -0.39 is 18.3 Å². The smallest absolute Gasteiger partial charge is 0.157 e. The first-order valence-corrected chi connectivity index (χ1v) is 13.5. The van der Waals surface area contributed by atoms with Gasteiger partial charge in [0.15, 0.2) is 23.0 Å². The second-order valence-electron chi connectivity index (χ2n) is 10.8. The van der Waals surface area contributed by atoms with Crippen LogP contribution in [0.15, 0.2) is 54.6 Å². The Morgan fingerprint density at radius 2 is 1.14 bits per heavy atom.